The molecule has 0 unspecified atom stereocenters. The highest BCUT2D eigenvalue weighted by Gasteiger charge is 2.27. The van der Waals surface area contributed by atoms with Gasteiger partial charge in [-0.05, 0) is 39.7 Å². The summed E-state index contributed by atoms with van der Waals surface area (Å²) < 4.78 is 3.00. The molecule has 0 bridgehead atoms. The Kier molecular flexibility index (Phi) is 6.69. The summed E-state index contributed by atoms with van der Waals surface area (Å²) in [6.45, 7) is 19.1. The first-order chi connectivity index (χ1) is 14.2. The van der Waals surface area contributed by atoms with Crippen LogP contribution in [0.2, 0.25) is 0 Å². The number of hydrogen-bond donors (Lipinski definition) is 1. The van der Waals surface area contributed by atoms with E-state index in [-0.39, 0.29) is 36.2 Å². The van der Waals surface area contributed by atoms with Crippen molar-refractivity contribution in [2.45, 2.75) is 72.0 Å². The van der Waals surface area contributed by atoms with E-state index in [2.05, 4.69) is 13.2 Å². The molecule has 1 aromatic carbocycles. The molecule has 7 nitrogen and oxygen atoms in total. The first-order valence-corrected chi connectivity index (χ1v) is 10.3. The van der Waals surface area contributed by atoms with Crippen LogP contribution in [0.1, 0.15) is 58.2 Å². The summed E-state index contributed by atoms with van der Waals surface area (Å²) >= 11 is 0. The van der Waals surface area contributed by atoms with Crippen LogP contribution >= 0.6 is 0 Å². The molecular formula is C24H33N3O4. The average molecular weight is 428 g/mol. The molecule has 31 heavy (non-hydrogen) atoms. The molecule has 0 spiro atoms. The second-order valence-electron chi connectivity index (χ2n) is 9.77. The van der Waals surface area contributed by atoms with Gasteiger partial charge in [0.15, 0.2) is 0 Å². The van der Waals surface area contributed by atoms with E-state index in [4.69, 9.17) is 0 Å². The highest BCUT2D eigenvalue weighted by molar-refractivity contribution is 5.49. The monoisotopic (exact) mass is 427 g/mol. The molecule has 0 radical (unpaired) electrons. The summed E-state index contributed by atoms with van der Waals surface area (Å²) in [4.78, 5) is 38.6. The van der Waals surface area contributed by atoms with Crippen LogP contribution in [0.5, 0.6) is 5.75 Å². The van der Waals surface area contributed by atoms with Gasteiger partial charge in [0.25, 0.3) is 0 Å². The second-order valence-corrected chi connectivity index (χ2v) is 9.77. The predicted octanol–water partition coefficient (Wildman–Crippen LogP) is 2.89. The van der Waals surface area contributed by atoms with E-state index in [1.165, 1.54) is 12.2 Å². The molecule has 0 saturated heterocycles. The second kappa shape index (κ2) is 8.57. The summed E-state index contributed by atoms with van der Waals surface area (Å²) in [6, 6.07) is 3.63. The maximum Gasteiger partial charge on any atom is 0.336 e. The van der Waals surface area contributed by atoms with E-state index in [1.807, 2.05) is 53.7 Å². The van der Waals surface area contributed by atoms with Gasteiger partial charge in [0.1, 0.15) is 5.75 Å². The van der Waals surface area contributed by atoms with Crippen molar-refractivity contribution in [1.29, 1.82) is 0 Å². The Morgan fingerprint density at radius 1 is 0.774 bits per heavy atom. The third-order valence-electron chi connectivity index (χ3n) is 5.14. The zero-order chi connectivity index (χ0) is 23.7. The average Bonchev–Trinajstić information content (AvgIpc) is 2.65. The van der Waals surface area contributed by atoms with Gasteiger partial charge in [0.2, 0.25) is 0 Å². The summed E-state index contributed by atoms with van der Waals surface area (Å²) in [5, 5.41) is 10.9. The van der Waals surface area contributed by atoms with Crippen molar-refractivity contribution in [2.24, 2.45) is 0 Å². The van der Waals surface area contributed by atoms with Gasteiger partial charge in [-0.1, -0.05) is 53.7 Å². The Hall–Kier alpha value is -3.09. The minimum Gasteiger partial charge on any atom is -0.507 e. The number of nitrogens with zero attached hydrogens (tertiary/aromatic N) is 3. The lowest BCUT2D eigenvalue weighted by molar-refractivity contribution is 0.422. The van der Waals surface area contributed by atoms with Crippen LogP contribution in [-0.2, 0) is 30.5 Å². The van der Waals surface area contributed by atoms with Crippen LogP contribution in [0.15, 0.2) is 51.8 Å². The maximum atomic E-state index is 13.0. The number of phenols is 1. The standard InChI is InChI=1S/C24H33N3O4/c1-9-11-25-20(29)26(12-10-2)22(31)27(21(25)30)15-16-13-17(23(3,4)5)19(28)18(14-16)24(6,7)8/h9-10,13-14,28H,1-2,11-12,15H2,3-8H3. The van der Waals surface area contributed by atoms with Gasteiger partial charge in [0.05, 0.1) is 19.6 Å². The number of benzene rings is 1. The van der Waals surface area contributed by atoms with E-state index >= 15 is 0 Å². The molecular weight excluding hydrogens is 394 g/mol. The van der Waals surface area contributed by atoms with Crippen molar-refractivity contribution >= 4 is 0 Å². The maximum absolute atomic E-state index is 13.0. The van der Waals surface area contributed by atoms with E-state index in [1.54, 1.807) is 0 Å². The molecule has 0 aliphatic carbocycles. The molecule has 1 N–H and O–H groups in total. The van der Waals surface area contributed by atoms with Crippen LogP contribution in [0.4, 0.5) is 0 Å². The van der Waals surface area contributed by atoms with Gasteiger partial charge in [-0.15, -0.1) is 13.2 Å². The quantitative estimate of drug-likeness (QED) is 0.718. The van der Waals surface area contributed by atoms with Crippen molar-refractivity contribution in [1.82, 2.24) is 13.7 Å². The van der Waals surface area contributed by atoms with Crippen LogP contribution in [0, 0.1) is 0 Å². The number of hydrogen-bond acceptors (Lipinski definition) is 4. The molecule has 0 amide bonds. The predicted molar refractivity (Wildman–Crippen MR) is 124 cm³/mol. The fourth-order valence-corrected chi connectivity index (χ4v) is 3.50. The first-order valence-electron chi connectivity index (χ1n) is 10.3. The first kappa shape index (κ1) is 24.2. The molecule has 0 aliphatic rings. The molecule has 0 saturated carbocycles. The van der Waals surface area contributed by atoms with Gasteiger partial charge in [-0.3, -0.25) is 0 Å². The number of aromatic nitrogens is 3. The van der Waals surface area contributed by atoms with Gasteiger partial charge in [-0.25, -0.2) is 28.1 Å². The summed E-state index contributed by atoms with van der Waals surface area (Å²) in [5.41, 5.74) is -0.632. The van der Waals surface area contributed by atoms with E-state index in [0.717, 1.165) is 24.8 Å². The minimum atomic E-state index is -0.696. The van der Waals surface area contributed by atoms with Gasteiger partial charge in [-0.2, -0.15) is 0 Å². The topological polar surface area (TPSA) is 86.2 Å². The smallest absolute Gasteiger partial charge is 0.336 e. The number of allylic oxidation sites excluding steroid dienone is 2. The minimum absolute atomic E-state index is 0.00878. The normalized spacial score (nSPS) is 12.1. The Morgan fingerprint density at radius 2 is 1.13 bits per heavy atom. The van der Waals surface area contributed by atoms with Crippen molar-refractivity contribution in [3.8, 4) is 5.75 Å². The Labute approximate surface area is 182 Å². The zero-order valence-electron chi connectivity index (χ0n) is 19.4. The highest BCUT2D eigenvalue weighted by atomic mass is 16.3. The molecule has 0 atom stereocenters. The highest BCUT2D eigenvalue weighted by Crippen LogP contribution is 2.39. The van der Waals surface area contributed by atoms with Crippen LogP contribution in [0.3, 0.4) is 0 Å². The summed E-state index contributed by atoms with van der Waals surface area (Å²) in [7, 11) is 0. The molecule has 168 valence electrons. The molecule has 1 heterocycles. The van der Waals surface area contributed by atoms with Crippen molar-refractivity contribution in [3.05, 3.63) is 85.6 Å². The lowest BCUT2D eigenvalue weighted by Gasteiger charge is -2.28. The third-order valence-corrected chi connectivity index (χ3v) is 5.14. The Bertz CT molecular complexity index is 1100. The Morgan fingerprint density at radius 3 is 1.45 bits per heavy atom. The molecule has 2 rings (SSSR count). The number of phenolic OH excluding ortho intramolecular Hbond substituents is 1. The SMILES string of the molecule is C=CCn1c(=O)n(CC=C)c(=O)n(Cc2cc(C(C)(C)C)c(O)c(C(C)(C)C)c2)c1=O. The molecule has 1 aromatic heterocycles. The molecule has 0 aliphatic heterocycles. The molecule has 7 heteroatoms. The number of aromatic hydroxyl groups is 1. The molecule has 2 aromatic rings. The van der Waals surface area contributed by atoms with Gasteiger partial charge >= 0.3 is 17.1 Å². The van der Waals surface area contributed by atoms with Gasteiger partial charge in [0, 0.05) is 0 Å². The summed E-state index contributed by atoms with van der Waals surface area (Å²) in [5.74, 6) is 0.219. The van der Waals surface area contributed by atoms with E-state index < -0.39 is 17.1 Å². The zero-order valence-corrected chi connectivity index (χ0v) is 19.4. The Balaban J connectivity index is 2.83. The fraction of sp³-hybridized carbons (Fsp3) is 0.458. The molecule has 0 fully saturated rings. The van der Waals surface area contributed by atoms with Crippen molar-refractivity contribution in [2.75, 3.05) is 0 Å². The number of rotatable bonds is 6. The van der Waals surface area contributed by atoms with E-state index in [9.17, 15) is 19.5 Å². The van der Waals surface area contributed by atoms with Gasteiger partial charge < -0.3 is 5.11 Å². The van der Waals surface area contributed by atoms with Crippen molar-refractivity contribution in [3.63, 3.8) is 0 Å². The van der Waals surface area contributed by atoms with Crippen molar-refractivity contribution < 1.29 is 5.11 Å². The van der Waals surface area contributed by atoms with Crippen LogP contribution in [0.25, 0.3) is 0 Å². The lowest BCUT2D eigenvalue weighted by atomic mass is 9.78. The third kappa shape index (κ3) is 4.81. The lowest BCUT2D eigenvalue weighted by Crippen LogP contribution is -2.54. The van der Waals surface area contributed by atoms with Crippen LogP contribution < -0.4 is 17.1 Å². The van der Waals surface area contributed by atoms with Crippen LogP contribution in [-0.4, -0.2) is 18.8 Å². The largest absolute Gasteiger partial charge is 0.507 e. The fourth-order valence-electron chi connectivity index (χ4n) is 3.50. The van der Waals surface area contributed by atoms with E-state index in [0.29, 0.717) is 5.56 Å². The summed E-state index contributed by atoms with van der Waals surface area (Å²) in [6.07, 6.45) is 2.87.